The minimum absolute atomic E-state index is 0.0993. The van der Waals surface area contributed by atoms with Crippen LogP contribution in [0.15, 0.2) is 29.6 Å². The Morgan fingerprint density at radius 3 is 2.64 bits per heavy atom. The Balaban J connectivity index is 1.72. The fourth-order valence-electron chi connectivity index (χ4n) is 2.32. The van der Waals surface area contributed by atoms with Crippen LogP contribution in [-0.4, -0.2) is 37.7 Å². The number of alkyl halides is 3. The van der Waals surface area contributed by atoms with E-state index in [1.807, 2.05) is 0 Å². The van der Waals surface area contributed by atoms with Gasteiger partial charge >= 0.3 is 6.18 Å². The number of hydrogen-bond donors (Lipinski definition) is 4. The van der Waals surface area contributed by atoms with Gasteiger partial charge in [-0.3, -0.25) is 4.79 Å². The van der Waals surface area contributed by atoms with Crippen LogP contribution in [0.2, 0.25) is 0 Å². The standard InChI is InChI=1S/C16H15F3N6O2S/c17-16(18,19)13-4-3-10(24-25-13)9-1-2-11(22-9)14(27)23-12(5-20)15-21-8(6-26)7-28-15/h1-4,7,12,22,26H,5-6,20H2,(H,23,27)/t12-/m1/s1. The summed E-state index contributed by atoms with van der Waals surface area (Å²) in [6, 6.07) is 4.41. The SMILES string of the molecule is NC[C@@H](NC(=O)c1ccc(-c2ccc(C(F)(F)F)nn2)[nH]1)c1nc(CO)cs1. The molecule has 0 aliphatic heterocycles. The van der Waals surface area contributed by atoms with Gasteiger partial charge in [0.1, 0.15) is 16.4 Å². The number of aliphatic hydroxyl groups excluding tert-OH is 1. The molecule has 0 aromatic carbocycles. The molecule has 1 amide bonds. The van der Waals surface area contributed by atoms with Gasteiger partial charge in [-0.15, -0.1) is 21.5 Å². The number of aromatic nitrogens is 4. The van der Waals surface area contributed by atoms with Crippen LogP contribution < -0.4 is 11.1 Å². The van der Waals surface area contributed by atoms with Crippen molar-refractivity contribution in [2.45, 2.75) is 18.8 Å². The number of rotatable bonds is 6. The summed E-state index contributed by atoms with van der Waals surface area (Å²) in [5.41, 5.74) is 5.76. The first-order chi connectivity index (χ1) is 13.3. The van der Waals surface area contributed by atoms with E-state index in [1.165, 1.54) is 23.5 Å². The lowest BCUT2D eigenvalue weighted by atomic mass is 10.2. The zero-order valence-electron chi connectivity index (χ0n) is 14.2. The fraction of sp³-hybridized carbons (Fsp3) is 0.250. The molecule has 0 saturated heterocycles. The van der Waals surface area contributed by atoms with Crippen LogP contribution in [0.4, 0.5) is 13.2 Å². The molecule has 0 aliphatic carbocycles. The van der Waals surface area contributed by atoms with Crippen molar-refractivity contribution in [3.8, 4) is 11.4 Å². The predicted octanol–water partition coefficient (Wildman–Crippen LogP) is 1.87. The van der Waals surface area contributed by atoms with E-state index in [9.17, 15) is 18.0 Å². The molecule has 3 rings (SSSR count). The van der Waals surface area contributed by atoms with Crippen LogP contribution in [0, 0.1) is 0 Å². The zero-order valence-corrected chi connectivity index (χ0v) is 15.0. The molecule has 1 atom stereocenters. The van der Waals surface area contributed by atoms with Crippen LogP contribution in [-0.2, 0) is 12.8 Å². The van der Waals surface area contributed by atoms with Crippen LogP contribution in [0.25, 0.3) is 11.4 Å². The Kier molecular flexibility index (Phi) is 5.72. The lowest BCUT2D eigenvalue weighted by molar-refractivity contribution is -0.141. The molecule has 0 unspecified atom stereocenters. The molecular formula is C16H15F3N6O2S. The number of carbonyl (C=O) groups is 1. The first-order valence-corrected chi connectivity index (χ1v) is 8.86. The number of thiazole rings is 1. The Morgan fingerprint density at radius 2 is 2.07 bits per heavy atom. The van der Waals surface area contributed by atoms with Crippen LogP contribution >= 0.6 is 11.3 Å². The van der Waals surface area contributed by atoms with Gasteiger partial charge < -0.3 is 21.1 Å². The van der Waals surface area contributed by atoms with Gasteiger partial charge in [-0.05, 0) is 24.3 Å². The van der Waals surface area contributed by atoms with Crippen molar-refractivity contribution in [1.29, 1.82) is 0 Å². The van der Waals surface area contributed by atoms with Crippen LogP contribution in [0.3, 0.4) is 0 Å². The normalized spacial score (nSPS) is 12.8. The summed E-state index contributed by atoms with van der Waals surface area (Å²) in [4.78, 5) is 19.4. The second-order valence-corrected chi connectivity index (χ2v) is 6.57. The minimum atomic E-state index is -4.57. The highest BCUT2D eigenvalue weighted by Crippen LogP contribution is 2.28. The summed E-state index contributed by atoms with van der Waals surface area (Å²) in [7, 11) is 0. The predicted molar refractivity (Wildman–Crippen MR) is 94.1 cm³/mol. The number of halogens is 3. The maximum Gasteiger partial charge on any atom is 0.435 e. The third-order valence-electron chi connectivity index (χ3n) is 3.73. The molecule has 3 aromatic heterocycles. The topological polar surface area (TPSA) is 130 Å². The molecule has 0 saturated carbocycles. The second kappa shape index (κ2) is 8.04. The summed E-state index contributed by atoms with van der Waals surface area (Å²) < 4.78 is 37.7. The lowest BCUT2D eigenvalue weighted by Crippen LogP contribution is -2.33. The van der Waals surface area contributed by atoms with Crippen LogP contribution in [0.1, 0.15) is 32.9 Å². The number of aliphatic hydroxyl groups is 1. The number of amides is 1. The third kappa shape index (κ3) is 4.35. The molecule has 0 spiro atoms. The summed E-state index contributed by atoms with van der Waals surface area (Å²) in [6.45, 7) is -0.113. The number of nitrogens with one attached hydrogen (secondary N) is 2. The quantitative estimate of drug-likeness (QED) is 0.489. The van der Waals surface area contributed by atoms with Gasteiger partial charge in [0.25, 0.3) is 5.91 Å². The van der Waals surface area contributed by atoms with Gasteiger partial charge in [-0.1, -0.05) is 0 Å². The molecule has 5 N–H and O–H groups in total. The molecule has 12 heteroatoms. The third-order valence-corrected chi connectivity index (χ3v) is 4.74. The molecule has 3 heterocycles. The van der Waals surface area contributed by atoms with Gasteiger partial charge in [0.15, 0.2) is 5.69 Å². The first kappa shape index (κ1) is 19.9. The summed E-state index contributed by atoms with van der Waals surface area (Å²) in [6.07, 6.45) is -4.57. The van der Waals surface area contributed by atoms with Crippen molar-refractivity contribution < 1.29 is 23.1 Å². The number of aromatic amines is 1. The monoisotopic (exact) mass is 412 g/mol. The van der Waals surface area contributed by atoms with E-state index in [-0.39, 0.29) is 24.5 Å². The molecular weight excluding hydrogens is 397 g/mol. The lowest BCUT2D eigenvalue weighted by Gasteiger charge is -2.13. The highest BCUT2D eigenvalue weighted by molar-refractivity contribution is 7.09. The van der Waals surface area contributed by atoms with Crippen molar-refractivity contribution in [2.75, 3.05) is 6.54 Å². The minimum Gasteiger partial charge on any atom is -0.390 e. The average Bonchev–Trinajstić information content (AvgIpc) is 3.35. The molecule has 148 valence electrons. The zero-order chi connectivity index (χ0) is 20.3. The Hall–Kier alpha value is -2.83. The number of nitrogens with two attached hydrogens (primary N) is 1. The van der Waals surface area contributed by atoms with Crippen molar-refractivity contribution in [3.05, 3.63) is 51.7 Å². The van der Waals surface area contributed by atoms with E-state index in [2.05, 4.69) is 25.5 Å². The largest absolute Gasteiger partial charge is 0.435 e. The Morgan fingerprint density at radius 1 is 1.29 bits per heavy atom. The summed E-state index contributed by atoms with van der Waals surface area (Å²) in [5.74, 6) is -0.470. The average molecular weight is 412 g/mol. The molecule has 0 bridgehead atoms. The van der Waals surface area contributed by atoms with Crippen molar-refractivity contribution >= 4 is 17.2 Å². The van der Waals surface area contributed by atoms with Gasteiger partial charge in [-0.2, -0.15) is 13.2 Å². The first-order valence-electron chi connectivity index (χ1n) is 7.98. The maximum atomic E-state index is 12.6. The fourth-order valence-corrected chi connectivity index (χ4v) is 3.19. The van der Waals surface area contributed by atoms with E-state index in [0.717, 1.165) is 12.1 Å². The smallest absolute Gasteiger partial charge is 0.390 e. The number of carbonyl (C=O) groups excluding carboxylic acids is 1. The highest BCUT2D eigenvalue weighted by atomic mass is 32.1. The number of nitrogens with zero attached hydrogens (tertiary/aromatic N) is 3. The molecule has 28 heavy (non-hydrogen) atoms. The molecule has 3 aromatic rings. The molecule has 0 fully saturated rings. The van der Waals surface area contributed by atoms with E-state index >= 15 is 0 Å². The molecule has 0 aliphatic rings. The van der Waals surface area contributed by atoms with E-state index < -0.39 is 23.8 Å². The summed E-state index contributed by atoms with van der Waals surface area (Å²) >= 11 is 1.26. The molecule has 8 nitrogen and oxygen atoms in total. The van der Waals surface area contributed by atoms with Crippen molar-refractivity contribution in [3.63, 3.8) is 0 Å². The van der Waals surface area contributed by atoms with Crippen LogP contribution in [0.5, 0.6) is 0 Å². The van der Waals surface area contributed by atoms with E-state index in [1.54, 1.807) is 5.38 Å². The maximum absolute atomic E-state index is 12.6. The number of hydrogen-bond acceptors (Lipinski definition) is 7. The van der Waals surface area contributed by atoms with Gasteiger partial charge in [-0.25, -0.2) is 4.98 Å². The van der Waals surface area contributed by atoms with Gasteiger partial charge in [0.05, 0.1) is 24.0 Å². The van der Waals surface area contributed by atoms with Crippen molar-refractivity contribution in [1.82, 2.24) is 25.5 Å². The van der Waals surface area contributed by atoms with E-state index in [0.29, 0.717) is 16.4 Å². The molecule has 0 radical (unpaired) electrons. The number of H-pyrrole nitrogens is 1. The van der Waals surface area contributed by atoms with Crippen molar-refractivity contribution in [2.24, 2.45) is 5.73 Å². The summed E-state index contributed by atoms with van der Waals surface area (Å²) in [5, 5.41) is 20.7. The Bertz CT molecular complexity index is 954. The van der Waals surface area contributed by atoms with E-state index in [4.69, 9.17) is 10.8 Å². The second-order valence-electron chi connectivity index (χ2n) is 5.68. The van der Waals surface area contributed by atoms with Gasteiger partial charge in [0, 0.05) is 11.9 Å². The van der Waals surface area contributed by atoms with Gasteiger partial charge in [0.2, 0.25) is 0 Å². The highest BCUT2D eigenvalue weighted by Gasteiger charge is 2.33. The Labute approximate surface area is 160 Å².